The van der Waals surface area contributed by atoms with Gasteiger partial charge in [0.15, 0.2) is 0 Å². The smallest absolute Gasteiger partial charge is 0.0191 e. The Morgan fingerprint density at radius 2 is 2.09 bits per heavy atom. The van der Waals surface area contributed by atoms with Crippen LogP contribution < -0.4 is 5.73 Å². The molecule has 4 saturated carbocycles. The van der Waals surface area contributed by atoms with Gasteiger partial charge in [-0.15, -0.1) is 0 Å². The normalized spacial score (nSPS) is 66.0. The predicted molar refractivity (Wildman–Crippen MR) is 45.1 cm³/mol. The van der Waals surface area contributed by atoms with E-state index in [1.807, 2.05) is 0 Å². The highest BCUT2D eigenvalue weighted by molar-refractivity contribution is 5.15. The number of rotatable bonds is 0. The van der Waals surface area contributed by atoms with E-state index in [1.165, 1.54) is 32.1 Å². The fourth-order valence-corrected chi connectivity index (χ4v) is 4.40. The van der Waals surface area contributed by atoms with E-state index in [9.17, 15) is 0 Å². The summed E-state index contributed by atoms with van der Waals surface area (Å²) in [4.78, 5) is 0. The summed E-state index contributed by atoms with van der Waals surface area (Å²) in [7, 11) is 0. The monoisotopic (exact) mass is 151 g/mol. The first kappa shape index (κ1) is 6.47. The first-order chi connectivity index (χ1) is 5.10. The molecule has 0 amide bonds. The van der Waals surface area contributed by atoms with E-state index < -0.39 is 0 Å². The summed E-state index contributed by atoms with van der Waals surface area (Å²) < 4.78 is 0. The molecule has 0 heterocycles. The Hall–Kier alpha value is -0.0400. The molecule has 4 fully saturated rings. The molecule has 4 unspecified atom stereocenters. The highest BCUT2D eigenvalue weighted by atomic mass is 14.9. The van der Waals surface area contributed by atoms with Gasteiger partial charge in [-0.25, -0.2) is 0 Å². The largest absolute Gasteiger partial charge is 0.325 e. The second-order valence-electron chi connectivity index (χ2n) is 5.63. The van der Waals surface area contributed by atoms with Crippen LogP contribution in [0.15, 0.2) is 0 Å². The van der Waals surface area contributed by atoms with E-state index in [-0.39, 0.29) is 5.54 Å². The molecule has 4 aliphatic carbocycles. The maximum atomic E-state index is 6.37. The second-order valence-corrected chi connectivity index (χ2v) is 5.63. The summed E-state index contributed by atoms with van der Waals surface area (Å²) in [6.07, 6.45) is 7.02. The zero-order chi connectivity index (χ0) is 7.69. The van der Waals surface area contributed by atoms with Gasteiger partial charge in [-0.2, -0.15) is 0 Å². The summed E-state index contributed by atoms with van der Waals surface area (Å²) in [5.41, 5.74) is 7.31. The van der Waals surface area contributed by atoms with Crippen molar-refractivity contribution < 1.29 is 0 Å². The highest BCUT2D eigenvalue weighted by Gasteiger charge is 2.60. The van der Waals surface area contributed by atoms with Crippen molar-refractivity contribution in [2.24, 2.45) is 23.0 Å². The zero-order valence-electron chi connectivity index (χ0n) is 7.27. The molecule has 0 saturated heterocycles. The lowest BCUT2D eigenvalue weighted by Crippen LogP contribution is -2.42. The maximum Gasteiger partial charge on any atom is 0.0191 e. The molecule has 0 aromatic heterocycles. The van der Waals surface area contributed by atoms with Gasteiger partial charge in [0.1, 0.15) is 0 Å². The Balaban J connectivity index is 2.06. The molecular weight excluding hydrogens is 134 g/mol. The Morgan fingerprint density at radius 1 is 1.27 bits per heavy atom. The average molecular weight is 151 g/mol. The molecular formula is C10H17N. The van der Waals surface area contributed by atoms with E-state index in [1.54, 1.807) is 0 Å². The standard InChI is InChI=1S/C10H17N/c1-9-3-7-2-8(5-9)10(11,4-7)6-9/h7-8H,2-6,11H2,1H3. The number of hydrogen-bond donors (Lipinski definition) is 1. The fourth-order valence-electron chi connectivity index (χ4n) is 4.40. The molecule has 0 aliphatic heterocycles. The molecule has 0 aromatic rings. The molecule has 0 aromatic carbocycles. The lowest BCUT2D eigenvalue weighted by atomic mass is 9.70. The summed E-state index contributed by atoms with van der Waals surface area (Å²) in [5, 5.41) is 0. The van der Waals surface area contributed by atoms with Gasteiger partial charge in [-0.05, 0) is 49.4 Å². The molecule has 4 aliphatic rings. The SMILES string of the molecule is CC12CC3CC(C1)C(N)(C3)C2. The predicted octanol–water partition coefficient (Wildman–Crippen LogP) is 1.91. The Labute approximate surface area is 68.3 Å². The third-order valence-electron chi connectivity index (χ3n) is 4.38. The van der Waals surface area contributed by atoms with Crippen LogP contribution in [0.1, 0.15) is 39.0 Å². The number of nitrogens with two attached hydrogens (primary N) is 1. The summed E-state index contributed by atoms with van der Waals surface area (Å²) in [6.45, 7) is 2.44. The van der Waals surface area contributed by atoms with Crippen molar-refractivity contribution >= 4 is 0 Å². The van der Waals surface area contributed by atoms with Crippen LogP contribution in [-0.4, -0.2) is 5.54 Å². The third kappa shape index (κ3) is 0.658. The van der Waals surface area contributed by atoms with E-state index in [4.69, 9.17) is 5.73 Å². The molecule has 2 N–H and O–H groups in total. The molecule has 1 heteroatoms. The average Bonchev–Trinajstić information content (AvgIpc) is 2.09. The van der Waals surface area contributed by atoms with Crippen LogP contribution in [0.2, 0.25) is 0 Å². The Kier molecular flexibility index (Phi) is 0.893. The van der Waals surface area contributed by atoms with Gasteiger partial charge in [-0.3, -0.25) is 0 Å². The first-order valence-corrected chi connectivity index (χ1v) is 4.89. The minimum Gasteiger partial charge on any atom is -0.325 e. The molecule has 1 nitrogen and oxygen atoms in total. The van der Waals surface area contributed by atoms with Gasteiger partial charge < -0.3 is 5.73 Å². The molecule has 11 heavy (non-hydrogen) atoms. The van der Waals surface area contributed by atoms with Crippen molar-refractivity contribution in [1.82, 2.24) is 0 Å². The fraction of sp³-hybridized carbons (Fsp3) is 1.00. The third-order valence-corrected chi connectivity index (χ3v) is 4.38. The second kappa shape index (κ2) is 1.52. The van der Waals surface area contributed by atoms with Crippen LogP contribution in [0, 0.1) is 17.3 Å². The molecule has 4 bridgehead atoms. The number of hydrogen-bond acceptors (Lipinski definition) is 1. The Bertz CT molecular complexity index is 211. The summed E-state index contributed by atoms with van der Waals surface area (Å²) >= 11 is 0. The van der Waals surface area contributed by atoms with Gasteiger partial charge in [-0.1, -0.05) is 6.92 Å². The minimum atomic E-state index is 0.289. The van der Waals surface area contributed by atoms with Crippen molar-refractivity contribution in [2.75, 3.05) is 0 Å². The van der Waals surface area contributed by atoms with Crippen LogP contribution in [0.5, 0.6) is 0 Å². The first-order valence-electron chi connectivity index (χ1n) is 4.89. The summed E-state index contributed by atoms with van der Waals surface area (Å²) in [5.74, 6) is 1.89. The quantitative estimate of drug-likeness (QED) is 0.562. The topological polar surface area (TPSA) is 26.0 Å². The minimum absolute atomic E-state index is 0.289. The maximum absolute atomic E-state index is 6.37. The van der Waals surface area contributed by atoms with Crippen molar-refractivity contribution in [3.63, 3.8) is 0 Å². The molecule has 62 valence electrons. The lowest BCUT2D eigenvalue weighted by molar-refractivity contribution is 0.161. The van der Waals surface area contributed by atoms with Crippen LogP contribution in [0.25, 0.3) is 0 Å². The van der Waals surface area contributed by atoms with E-state index in [2.05, 4.69) is 6.92 Å². The van der Waals surface area contributed by atoms with Crippen LogP contribution in [0.3, 0.4) is 0 Å². The van der Waals surface area contributed by atoms with Gasteiger partial charge in [0.05, 0.1) is 0 Å². The Morgan fingerprint density at radius 3 is 2.64 bits per heavy atom. The van der Waals surface area contributed by atoms with Gasteiger partial charge in [0.25, 0.3) is 0 Å². The molecule has 4 rings (SSSR count). The van der Waals surface area contributed by atoms with E-state index in [0.717, 1.165) is 11.8 Å². The van der Waals surface area contributed by atoms with Crippen molar-refractivity contribution in [1.29, 1.82) is 0 Å². The molecule has 4 atom stereocenters. The van der Waals surface area contributed by atoms with Gasteiger partial charge in [0.2, 0.25) is 0 Å². The lowest BCUT2D eigenvalue weighted by Gasteiger charge is -2.36. The molecule has 0 spiro atoms. The molecule has 0 radical (unpaired) electrons. The van der Waals surface area contributed by atoms with Crippen molar-refractivity contribution in [3.05, 3.63) is 0 Å². The van der Waals surface area contributed by atoms with Crippen LogP contribution in [-0.2, 0) is 0 Å². The summed E-state index contributed by atoms with van der Waals surface area (Å²) in [6, 6.07) is 0. The zero-order valence-corrected chi connectivity index (χ0v) is 7.27. The van der Waals surface area contributed by atoms with E-state index >= 15 is 0 Å². The van der Waals surface area contributed by atoms with Gasteiger partial charge >= 0.3 is 0 Å². The van der Waals surface area contributed by atoms with Crippen LogP contribution >= 0.6 is 0 Å². The van der Waals surface area contributed by atoms with E-state index in [0.29, 0.717) is 5.41 Å². The van der Waals surface area contributed by atoms with Gasteiger partial charge in [0, 0.05) is 5.54 Å². The van der Waals surface area contributed by atoms with Crippen LogP contribution in [0.4, 0.5) is 0 Å². The van der Waals surface area contributed by atoms with Crippen molar-refractivity contribution in [2.45, 2.75) is 44.6 Å². The van der Waals surface area contributed by atoms with Crippen molar-refractivity contribution in [3.8, 4) is 0 Å². The highest BCUT2D eigenvalue weighted by Crippen LogP contribution is 2.64.